The molecule has 0 aliphatic rings. The molecule has 0 fully saturated rings. The van der Waals surface area contributed by atoms with Crippen LogP contribution in [0.4, 0.5) is 17.5 Å². The number of aromatic nitrogens is 4. The number of halogens is 1. The largest absolute Gasteiger partial charge is 0.357 e. The second-order valence-corrected chi connectivity index (χ2v) is 6.56. The third-order valence-electron chi connectivity index (χ3n) is 4.26. The topological polar surface area (TPSA) is 67.7 Å². The number of nitrogens with zero attached hydrogens (tertiary/aromatic N) is 4. The van der Waals surface area contributed by atoms with Gasteiger partial charge in [0, 0.05) is 24.3 Å². The molecule has 0 saturated carbocycles. The lowest BCUT2D eigenvalue weighted by Crippen LogP contribution is -2.07. The van der Waals surface area contributed by atoms with Gasteiger partial charge < -0.3 is 10.6 Å². The maximum atomic E-state index is 6.09. The molecule has 2 N–H and O–H groups in total. The third-order valence-corrected chi connectivity index (χ3v) is 4.50. The Morgan fingerprint density at radius 1 is 1.04 bits per heavy atom. The van der Waals surface area contributed by atoms with Crippen LogP contribution in [0.15, 0.2) is 60.8 Å². The number of rotatable bonds is 6. The van der Waals surface area contributed by atoms with E-state index in [4.69, 9.17) is 11.6 Å². The lowest BCUT2D eigenvalue weighted by molar-refractivity contribution is 0.630. The quantitative estimate of drug-likeness (QED) is 0.516. The highest BCUT2D eigenvalue weighted by atomic mass is 35.5. The number of hydrogen-bond acceptors (Lipinski definition) is 5. The Bertz CT molecular complexity index is 1060. The third kappa shape index (κ3) is 3.85. The van der Waals surface area contributed by atoms with Crippen molar-refractivity contribution < 1.29 is 0 Å². The van der Waals surface area contributed by atoms with Crippen LogP contribution in [0.5, 0.6) is 0 Å². The fraction of sp³-hybridized carbons (Fsp3) is 0.150. The van der Waals surface area contributed by atoms with Crippen molar-refractivity contribution in [1.29, 1.82) is 0 Å². The second-order valence-electron chi connectivity index (χ2n) is 6.12. The summed E-state index contributed by atoms with van der Waals surface area (Å²) >= 11 is 6.09. The van der Waals surface area contributed by atoms with Crippen molar-refractivity contribution >= 4 is 40.1 Å². The number of benzene rings is 2. The van der Waals surface area contributed by atoms with Crippen molar-refractivity contribution in [2.24, 2.45) is 0 Å². The van der Waals surface area contributed by atoms with E-state index in [1.165, 1.54) is 5.56 Å². The molecule has 2 aromatic heterocycles. The van der Waals surface area contributed by atoms with Gasteiger partial charge in [0.15, 0.2) is 5.65 Å². The molecule has 0 aliphatic heterocycles. The summed E-state index contributed by atoms with van der Waals surface area (Å²) in [5.41, 5.74) is 2.91. The molecule has 2 aromatic carbocycles. The lowest BCUT2D eigenvalue weighted by atomic mass is 10.1. The van der Waals surface area contributed by atoms with Gasteiger partial charge in [-0.1, -0.05) is 48.0 Å². The molecule has 0 unspecified atom stereocenters. The minimum atomic E-state index is 0.536. The molecular weight excluding hydrogens is 360 g/mol. The molecule has 6 nitrogen and oxygen atoms in total. The monoisotopic (exact) mass is 378 g/mol. The zero-order valence-corrected chi connectivity index (χ0v) is 15.6. The van der Waals surface area contributed by atoms with Crippen LogP contribution in [0.3, 0.4) is 0 Å². The Morgan fingerprint density at radius 2 is 1.89 bits per heavy atom. The van der Waals surface area contributed by atoms with Crippen molar-refractivity contribution in [3.63, 3.8) is 0 Å². The van der Waals surface area contributed by atoms with E-state index in [0.29, 0.717) is 16.8 Å². The maximum Gasteiger partial charge on any atom is 0.226 e. The molecule has 27 heavy (non-hydrogen) atoms. The van der Waals surface area contributed by atoms with Gasteiger partial charge in [-0.25, -0.2) is 4.68 Å². The molecule has 0 saturated heterocycles. The Hall–Kier alpha value is -3.12. The maximum absolute atomic E-state index is 6.09. The van der Waals surface area contributed by atoms with Crippen LogP contribution >= 0.6 is 11.6 Å². The number of fused-ring (bicyclic) bond motifs is 1. The van der Waals surface area contributed by atoms with E-state index in [1.54, 1.807) is 13.2 Å². The summed E-state index contributed by atoms with van der Waals surface area (Å²) in [5, 5.41) is 12.4. The predicted octanol–water partition coefficient (Wildman–Crippen LogP) is 4.51. The van der Waals surface area contributed by atoms with Gasteiger partial charge in [-0.05, 0) is 30.2 Å². The molecule has 136 valence electrons. The summed E-state index contributed by atoms with van der Waals surface area (Å²) in [6.07, 6.45) is 2.68. The van der Waals surface area contributed by atoms with Crippen LogP contribution in [0, 0.1) is 0 Å². The van der Waals surface area contributed by atoms with E-state index < -0.39 is 0 Å². The Morgan fingerprint density at radius 3 is 2.67 bits per heavy atom. The highest BCUT2D eigenvalue weighted by Gasteiger charge is 2.13. The second kappa shape index (κ2) is 7.63. The van der Waals surface area contributed by atoms with Gasteiger partial charge >= 0.3 is 0 Å². The highest BCUT2D eigenvalue weighted by molar-refractivity contribution is 6.30. The summed E-state index contributed by atoms with van der Waals surface area (Å²) in [4.78, 5) is 9.14. The Labute approximate surface area is 162 Å². The normalized spacial score (nSPS) is 10.9. The summed E-state index contributed by atoms with van der Waals surface area (Å²) in [6, 6.07) is 17.9. The molecule has 0 atom stereocenters. The number of nitrogens with one attached hydrogen (secondary N) is 2. The molecule has 0 amide bonds. The van der Waals surface area contributed by atoms with Gasteiger partial charge in [0.25, 0.3) is 0 Å². The molecule has 2 heterocycles. The molecule has 0 radical (unpaired) electrons. The number of anilines is 3. The summed E-state index contributed by atoms with van der Waals surface area (Å²) in [6.45, 7) is 0.740. The first-order valence-electron chi connectivity index (χ1n) is 8.71. The average molecular weight is 379 g/mol. The van der Waals surface area contributed by atoms with Gasteiger partial charge in [0.05, 0.1) is 11.6 Å². The van der Waals surface area contributed by atoms with Crippen molar-refractivity contribution in [3.05, 3.63) is 71.4 Å². The molecule has 4 aromatic rings. The fourth-order valence-corrected chi connectivity index (χ4v) is 3.10. The minimum absolute atomic E-state index is 0.536. The van der Waals surface area contributed by atoms with Gasteiger partial charge in [0.2, 0.25) is 5.95 Å². The SMILES string of the molecule is CNc1nc(Nc2cccc(Cl)c2)c2cnn(CCc3ccccc3)c2n1. The van der Waals surface area contributed by atoms with Crippen LogP contribution in [-0.2, 0) is 13.0 Å². The number of aryl methyl sites for hydroxylation is 2. The van der Waals surface area contributed by atoms with Crippen molar-refractivity contribution in [3.8, 4) is 0 Å². The van der Waals surface area contributed by atoms with Crippen molar-refractivity contribution in [2.45, 2.75) is 13.0 Å². The molecule has 0 spiro atoms. The number of hydrogen-bond donors (Lipinski definition) is 2. The van der Waals surface area contributed by atoms with E-state index in [9.17, 15) is 0 Å². The summed E-state index contributed by atoms with van der Waals surface area (Å²) < 4.78 is 1.91. The first-order valence-corrected chi connectivity index (χ1v) is 9.08. The van der Waals surface area contributed by atoms with Gasteiger partial charge in [-0.2, -0.15) is 15.1 Å². The van der Waals surface area contributed by atoms with E-state index in [-0.39, 0.29) is 0 Å². The van der Waals surface area contributed by atoms with Gasteiger partial charge in [-0.15, -0.1) is 0 Å². The summed E-state index contributed by atoms with van der Waals surface area (Å²) in [7, 11) is 1.80. The fourth-order valence-electron chi connectivity index (χ4n) is 2.91. The highest BCUT2D eigenvalue weighted by Crippen LogP contribution is 2.26. The first-order chi connectivity index (χ1) is 13.2. The predicted molar refractivity (Wildman–Crippen MR) is 110 cm³/mol. The molecule has 7 heteroatoms. The zero-order chi connectivity index (χ0) is 18.6. The van der Waals surface area contributed by atoms with Crippen LogP contribution in [0.1, 0.15) is 5.56 Å². The van der Waals surface area contributed by atoms with E-state index >= 15 is 0 Å². The van der Waals surface area contributed by atoms with Gasteiger partial charge in [0.1, 0.15) is 5.82 Å². The average Bonchev–Trinajstić information content (AvgIpc) is 3.10. The van der Waals surface area contributed by atoms with E-state index in [2.05, 4.69) is 37.8 Å². The summed E-state index contributed by atoms with van der Waals surface area (Å²) in [5.74, 6) is 1.23. The lowest BCUT2D eigenvalue weighted by Gasteiger charge is -2.10. The van der Waals surface area contributed by atoms with Crippen LogP contribution in [0.25, 0.3) is 11.0 Å². The first kappa shape index (κ1) is 17.3. The van der Waals surface area contributed by atoms with Crippen molar-refractivity contribution in [2.75, 3.05) is 17.7 Å². The Kier molecular flexibility index (Phi) is 4.89. The van der Waals surface area contributed by atoms with Crippen LogP contribution in [-0.4, -0.2) is 26.8 Å². The smallest absolute Gasteiger partial charge is 0.226 e. The van der Waals surface area contributed by atoms with E-state index in [1.807, 2.05) is 47.1 Å². The zero-order valence-electron chi connectivity index (χ0n) is 14.9. The molecule has 0 aliphatic carbocycles. The molecule has 0 bridgehead atoms. The van der Waals surface area contributed by atoms with Crippen LogP contribution < -0.4 is 10.6 Å². The Balaban J connectivity index is 1.67. The standard InChI is InChI=1S/C20H19ClN6/c1-22-20-25-18(24-16-9-5-8-15(21)12-16)17-13-23-27(19(17)26-20)11-10-14-6-3-2-4-7-14/h2-9,12-13H,10-11H2,1H3,(H2,22,24,25,26). The van der Waals surface area contributed by atoms with Gasteiger partial charge in [-0.3, -0.25) is 0 Å². The van der Waals surface area contributed by atoms with Crippen molar-refractivity contribution in [1.82, 2.24) is 19.7 Å². The molecular formula is C20H19ClN6. The van der Waals surface area contributed by atoms with Crippen LogP contribution in [0.2, 0.25) is 5.02 Å². The molecule has 4 rings (SSSR count). The minimum Gasteiger partial charge on any atom is -0.357 e. The van der Waals surface area contributed by atoms with E-state index in [0.717, 1.165) is 29.7 Å².